The number of aromatic amines is 1. The summed E-state index contributed by atoms with van der Waals surface area (Å²) in [4.78, 5) is 16.7. The Bertz CT molecular complexity index is 1030. The third-order valence-electron chi connectivity index (χ3n) is 5.37. The lowest BCUT2D eigenvalue weighted by atomic mass is 9.96. The van der Waals surface area contributed by atoms with Crippen LogP contribution in [0.3, 0.4) is 0 Å². The van der Waals surface area contributed by atoms with Gasteiger partial charge in [0.25, 0.3) is 0 Å². The summed E-state index contributed by atoms with van der Waals surface area (Å²) in [5, 5.41) is 15.3. The van der Waals surface area contributed by atoms with Gasteiger partial charge in [-0.1, -0.05) is 12.1 Å². The summed E-state index contributed by atoms with van der Waals surface area (Å²) in [6.07, 6.45) is 4.78. The number of benzene rings is 1. The molecule has 2 aromatic heterocycles. The van der Waals surface area contributed by atoms with Gasteiger partial charge in [-0.2, -0.15) is 5.10 Å². The molecule has 0 spiro atoms. The summed E-state index contributed by atoms with van der Waals surface area (Å²) in [6, 6.07) is 6.08. The molecular formula is C20H21N5O. The Balaban J connectivity index is 1.71. The standard InChI is InChI=1S/C20H21N5O/c1-10-8-16(26)23-15-5-3-4-13(19(15)22-10)14-9-21-20-17(11(14)2)18(24-25-20)12-6-7-12/h3-5,9-10,12,22H,6-8H2,1-2H3,(H,23,26)(H,21,24,25)/t10-/m1/s1. The van der Waals surface area contributed by atoms with Crippen LogP contribution in [0.5, 0.6) is 0 Å². The lowest BCUT2D eigenvalue weighted by Crippen LogP contribution is -2.19. The Hall–Kier alpha value is -2.89. The van der Waals surface area contributed by atoms with Crippen LogP contribution in [0.1, 0.15) is 43.4 Å². The van der Waals surface area contributed by atoms with E-state index >= 15 is 0 Å². The molecule has 5 rings (SSSR count). The summed E-state index contributed by atoms with van der Waals surface area (Å²) in [5.41, 5.74) is 7.11. The van der Waals surface area contributed by atoms with Crippen LogP contribution >= 0.6 is 0 Å². The Morgan fingerprint density at radius 2 is 2.04 bits per heavy atom. The predicted molar refractivity (Wildman–Crippen MR) is 102 cm³/mol. The molecule has 26 heavy (non-hydrogen) atoms. The molecular weight excluding hydrogens is 326 g/mol. The number of rotatable bonds is 2. The molecule has 1 saturated carbocycles. The minimum atomic E-state index is 0.0389. The average molecular weight is 347 g/mol. The lowest BCUT2D eigenvalue weighted by molar-refractivity contribution is -0.116. The second-order valence-electron chi connectivity index (χ2n) is 7.43. The van der Waals surface area contributed by atoms with E-state index in [9.17, 15) is 4.79 Å². The van der Waals surface area contributed by atoms with Crippen LogP contribution < -0.4 is 10.6 Å². The van der Waals surface area contributed by atoms with E-state index in [1.165, 1.54) is 24.1 Å². The van der Waals surface area contributed by atoms with Crippen molar-refractivity contribution < 1.29 is 4.79 Å². The van der Waals surface area contributed by atoms with Crippen LogP contribution in [-0.2, 0) is 4.79 Å². The maximum atomic E-state index is 12.1. The number of pyridine rings is 1. The number of anilines is 2. The summed E-state index contributed by atoms with van der Waals surface area (Å²) in [7, 11) is 0. The summed E-state index contributed by atoms with van der Waals surface area (Å²) in [5.74, 6) is 0.623. The summed E-state index contributed by atoms with van der Waals surface area (Å²) < 4.78 is 0. The molecule has 0 radical (unpaired) electrons. The van der Waals surface area contributed by atoms with E-state index in [0.717, 1.165) is 33.5 Å². The molecule has 1 atom stereocenters. The van der Waals surface area contributed by atoms with Crippen LogP contribution in [-0.4, -0.2) is 27.1 Å². The van der Waals surface area contributed by atoms with Crippen molar-refractivity contribution >= 4 is 28.3 Å². The van der Waals surface area contributed by atoms with E-state index in [-0.39, 0.29) is 11.9 Å². The van der Waals surface area contributed by atoms with E-state index in [1.54, 1.807) is 0 Å². The molecule has 0 bridgehead atoms. The first-order valence-corrected chi connectivity index (χ1v) is 9.15. The van der Waals surface area contributed by atoms with Crippen LogP contribution in [0.4, 0.5) is 11.4 Å². The number of nitrogens with zero attached hydrogens (tertiary/aromatic N) is 2. The Kier molecular flexibility index (Phi) is 3.29. The Morgan fingerprint density at radius 1 is 1.19 bits per heavy atom. The molecule has 3 N–H and O–H groups in total. The number of aryl methyl sites for hydroxylation is 1. The van der Waals surface area contributed by atoms with Crippen molar-refractivity contribution in [3.8, 4) is 11.1 Å². The molecule has 6 heteroatoms. The molecule has 1 aliphatic heterocycles. The number of hydrogen-bond acceptors (Lipinski definition) is 4. The van der Waals surface area contributed by atoms with E-state index in [4.69, 9.17) is 0 Å². The molecule has 6 nitrogen and oxygen atoms in total. The molecule has 1 amide bonds. The fraction of sp³-hybridized carbons (Fsp3) is 0.350. The highest BCUT2D eigenvalue weighted by molar-refractivity contribution is 6.01. The normalized spacial score (nSPS) is 19.6. The van der Waals surface area contributed by atoms with E-state index in [0.29, 0.717) is 12.3 Å². The third-order valence-corrected chi connectivity index (χ3v) is 5.37. The van der Waals surface area contributed by atoms with Crippen molar-refractivity contribution in [3.05, 3.63) is 35.7 Å². The molecule has 3 heterocycles. The van der Waals surface area contributed by atoms with Crippen LogP contribution in [0, 0.1) is 6.92 Å². The zero-order chi connectivity index (χ0) is 17.8. The first kappa shape index (κ1) is 15.4. The zero-order valence-corrected chi connectivity index (χ0v) is 14.9. The molecule has 0 saturated heterocycles. The molecule has 1 aliphatic carbocycles. The summed E-state index contributed by atoms with van der Waals surface area (Å²) in [6.45, 7) is 4.17. The van der Waals surface area contributed by atoms with Gasteiger partial charge in [-0.15, -0.1) is 0 Å². The van der Waals surface area contributed by atoms with Gasteiger partial charge < -0.3 is 10.6 Å². The highest BCUT2D eigenvalue weighted by atomic mass is 16.1. The number of carbonyl (C=O) groups excluding carboxylic acids is 1. The Morgan fingerprint density at radius 3 is 2.85 bits per heavy atom. The largest absolute Gasteiger partial charge is 0.380 e. The van der Waals surface area contributed by atoms with Crippen LogP contribution in [0.15, 0.2) is 24.4 Å². The van der Waals surface area contributed by atoms with Gasteiger partial charge in [0.15, 0.2) is 5.65 Å². The number of fused-ring (bicyclic) bond motifs is 2. The first-order chi connectivity index (χ1) is 12.6. The van der Waals surface area contributed by atoms with Gasteiger partial charge in [0, 0.05) is 46.8 Å². The highest BCUT2D eigenvalue weighted by Gasteiger charge is 2.29. The Labute approximate surface area is 151 Å². The van der Waals surface area contributed by atoms with Crippen molar-refractivity contribution in [1.82, 2.24) is 15.2 Å². The van der Waals surface area contributed by atoms with E-state index < -0.39 is 0 Å². The minimum Gasteiger partial charge on any atom is -0.380 e. The van der Waals surface area contributed by atoms with E-state index in [2.05, 4.69) is 38.8 Å². The molecule has 132 valence electrons. The predicted octanol–water partition coefficient (Wildman–Crippen LogP) is 3.95. The molecule has 2 aliphatic rings. The van der Waals surface area contributed by atoms with Gasteiger partial charge >= 0.3 is 0 Å². The number of hydrogen-bond donors (Lipinski definition) is 3. The van der Waals surface area contributed by atoms with Crippen molar-refractivity contribution in [3.63, 3.8) is 0 Å². The lowest BCUT2D eigenvalue weighted by Gasteiger charge is -2.18. The summed E-state index contributed by atoms with van der Waals surface area (Å²) >= 11 is 0. The van der Waals surface area contributed by atoms with Crippen LogP contribution in [0.2, 0.25) is 0 Å². The number of carbonyl (C=O) groups is 1. The van der Waals surface area contributed by atoms with Crippen molar-refractivity contribution in [1.29, 1.82) is 0 Å². The average Bonchev–Trinajstić information content (AvgIpc) is 3.37. The molecule has 3 aromatic rings. The number of amides is 1. The quantitative estimate of drug-likeness (QED) is 0.655. The second-order valence-corrected chi connectivity index (χ2v) is 7.43. The number of para-hydroxylation sites is 1. The highest BCUT2D eigenvalue weighted by Crippen LogP contribution is 2.44. The number of aromatic nitrogens is 3. The maximum Gasteiger partial charge on any atom is 0.226 e. The van der Waals surface area contributed by atoms with Crippen molar-refractivity contribution in [2.75, 3.05) is 10.6 Å². The van der Waals surface area contributed by atoms with E-state index in [1.807, 2.05) is 25.3 Å². The van der Waals surface area contributed by atoms with Crippen LogP contribution in [0.25, 0.3) is 22.2 Å². The molecule has 1 aromatic carbocycles. The number of H-pyrrole nitrogens is 1. The molecule has 0 unspecified atom stereocenters. The van der Waals surface area contributed by atoms with Crippen molar-refractivity contribution in [2.24, 2.45) is 0 Å². The fourth-order valence-electron chi connectivity index (χ4n) is 3.92. The smallest absolute Gasteiger partial charge is 0.226 e. The topological polar surface area (TPSA) is 82.7 Å². The minimum absolute atomic E-state index is 0.0389. The first-order valence-electron chi connectivity index (χ1n) is 9.15. The maximum absolute atomic E-state index is 12.1. The SMILES string of the molecule is Cc1c(-c2cccc3c2N[C@H](C)CC(=O)N3)cnc2n[nH]c(C3CC3)c12. The van der Waals surface area contributed by atoms with Gasteiger partial charge in [0.1, 0.15) is 0 Å². The van der Waals surface area contributed by atoms with Gasteiger partial charge in [0.2, 0.25) is 5.91 Å². The fourth-order valence-corrected chi connectivity index (χ4v) is 3.92. The van der Waals surface area contributed by atoms with Crippen molar-refractivity contribution in [2.45, 2.75) is 45.1 Å². The second kappa shape index (κ2) is 5.56. The molecule has 1 fully saturated rings. The number of nitrogens with one attached hydrogen (secondary N) is 3. The van der Waals surface area contributed by atoms with Gasteiger partial charge in [0.05, 0.1) is 11.4 Å². The van der Waals surface area contributed by atoms with Gasteiger partial charge in [-0.25, -0.2) is 4.98 Å². The monoisotopic (exact) mass is 347 g/mol. The zero-order valence-electron chi connectivity index (χ0n) is 14.9. The van der Waals surface area contributed by atoms with Gasteiger partial charge in [-0.05, 0) is 38.3 Å². The third kappa shape index (κ3) is 2.36. The van der Waals surface area contributed by atoms with Gasteiger partial charge in [-0.3, -0.25) is 9.89 Å².